The predicted molar refractivity (Wildman–Crippen MR) is 336 cm³/mol. The van der Waals surface area contributed by atoms with Crippen LogP contribution in [0, 0.1) is 0 Å². The number of hydrogen-bond acceptors (Lipinski definition) is 5. The van der Waals surface area contributed by atoms with E-state index >= 15 is 0 Å². The molecule has 0 fully saturated rings. The monoisotopic (exact) mass is 1090 g/mol. The number of aliphatic hydroxyl groups excluding tert-OH is 1. The lowest BCUT2D eigenvalue weighted by atomic mass is 10.0. The van der Waals surface area contributed by atoms with E-state index < -0.39 is 20.0 Å². The van der Waals surface area contributed by atoms with E-state index in [2.05, 4.69) is 116 Å². The lowest BCUT2D eigenvalue weighted by Crippen LogP contribution is -2.45. The zero-order valence-electron chi connectivity index (χ0n) is 50.7. The number of rotatable bonds is 57. The molecule has 0 aliphatic heterocycles. The summed E-state index contributed by atoms with van der Waals surface area (Å²) in [5.41, 5.74) is 0. The highest BCUT2D eigenvalue weighted by atomic mass is 31.2. The highest BCUT2D eigenvalue weighted by Crippen LogP contribution is 2.43. The van der Waals surface area contributed by atoms with Crippen LogP contribution in [0.1, 0.15) is 264 Å². The van der Waals surface area contributed by atoms with Crippen LogP contribution in [-0.2, 0) is 18.4 Å². The fourth-order valence-corrected chi connectivity index (χ4v) is 9.54. The third-order valence-corrected chi connectivity index (χ3v) is 14.7. The van der Waals surface area contributed by atoms with Gasteiger partial charge >= 0.3 is 7.82 Å². The van der Waals surface area contributed by atoms with Crippen LogP contribution in [-0.4, -0.2) is 73.4 Å². The second-order valence-electron chi connectivity index (χ2n) is 22.4. The molecule has 0 aromatic rings. The number of carbonyl (C=O) groups excluding carboxylic acids is 1. The van der Waals surface area contributed by atoms with Gasteiger partial charge in [0.1, 0.15) is 13.2 Å². The van der Waals surface area contributed by atoms with Crippen LogP contribution in [0.3, 0.4) is 0 Å². The first-order valence-corrected chi connectivity index (χ1v) is 33.3. The fraction of sp³-hybridized carbons (Fsp3) is 0.721. The van der Waals surface area contributed by atoms with Gasteiger partial charge < -0.3 is 19.8 Å². The summed E-state index contributed by atoms with van der Waals surface area (Å²) in [6.45, 7) is 4.69. The highest BCUT2D eigenvalue weighted by Gasteiger charge is 2.27. The number of nitrogens with zero attached hydrogens (tertiary/aromatic N) is 1. The largest absolute Gasteiger partial charge is 0.472 e. The van der Waals surface area contributed by atoms with Gasteiger partial charge in [-0.05, 0) is 89.9 Å². The summed E-state index contributed by atoms with van der Waals surface area (Å²) < 4.78 is 23.7. The maximum atomic E-state index is 13.0. The molecule has 0 spiro atoms. The van der Waals surface area contributed by atoms with Crippen LogP contribution in [0.15, 0.2) is 109 Å². The van der Waals surface area contributed by atoms with Crippen molar-refractivity contribution in [2.24, 2.45) is 0 Å². The summed E-state index contributed by atoms with van der Waals surface area (Å²) in [4.78, 5) is 23.4. The molecule has 0 bridgehead atoms. The minimum Gasteiger partial charge on any atom is -0.387 e. The number of likely N-dealkylation sites (N-methyl/N-ethyl adjacent to an activating group) is 1. The molecule has 1 amide bonds. The van der Waals surface area contributed by atoms with Gasteiger partial charge in [-0.15, -0.1) is 0 Å². The van der Waals surface area contributed by atoms with Crippen molar-refractivity contribution < 1.29 is 32.9 Å². The Morgan fingerprint density at radius 2 is 0.792 bits per heavy atom. The number of amides is 1. The van der Waals surface area contributed by atoms with E-state index in [4.69, 9.17) is 9.05 Å². The second kappa shape index (κ2) is 57.8. The molecule has 0 rings (SSSR count). The van der Waals surface area contributed by atoms with Crippen molar-refractivity contribution in [3.8, 4) is 0 Å². The average molecular weight is 1090 g/mol. The molecule has 0 aromatic carbocycles. The van der Waals surface area contributed by atoms with Crippen molar-refractivity contribution in [3.05, 3.63) is 109 Å². The lowest BCUT2D eigenvalue weighted by molar-refractivity contribution is -0.870. The predicted octanol–water partition coefficient (Wildman–Crippen LogP) is 19.9. The standard InChI is InChI=1S/C68H121N2O6P/c1-6-8-10-12-14-16-18-20-22-24-26-28-30-32-33-34-35-36-37-38-40-42-44-46-48-50-52-54-56-58-60-62-68(72)69-66(65-76-77(73,74)75-64-63-70(3,4)5)67(71)61-59-57-55-53-51-49-47-45-43-41-39-31-29-27-25-23-21-19-17-15-13-11-9-7-2/h8,10,14,16,20,22,26,28,32-33,35-36,38,40,51,53,59,61,66-67,71H,6-7,9,11-13,15,17-19,21,23-25,27,29-31,34,37,39,41-50,52,54-58,60,62-65H2,1-5H3,(H-,69,72,73,74)/p+1/b10-8-,16-14-,22-20-,28-26-,33-32-,36-35-,40-38-,53-51+,61-59+. The normalized spacial score (nSPS) is 14.5. The van der Waals surface area contributed by atoms with E-state index in [1.54, 1.807) is 6.08 Å². The molecular weight excluding hydrogens is 972 g/mol. The van der Waals surface area contributed by atoms with Gasteiger partial charge in [-0.25, -0.2) is 4.57 Å². The molecule has 0 saturated carbocycles. The third kappa shape index (κ3) is 60.6. The van der Waals surface area contributed by atoms with Crippen molar-refractivity contribution in [1.29, 1.82) is 0 Å². The van der Waals surface area contributed by atoms with Gasteiger partial charge in [0.15, 0.2) is 0 Å². The average Bonchev–Trinajstić information content (AvgIpc) is 3.39. The molecule has 8 nitrogen and oxygen atoms in total. The van der Waals surface area contributed by atoms with Gasteiger partial charge in [0.25, 0.3) is 0 Å². The van der Waals surface area contributed by atoms with Crippen molar-refractivity contribution in [3.63, 3.8) is 0 Å². The zero-order chi connectivity index (χ0) is 56.3. The van der Waals surface area contributed by atoms with Crippen LogP contribution in [0.5, 0.6) is 0 Å². The SMILES string of the molecule is CC/C=C\C/C=C\C/C=C\C/C=C\C/C=C\C/C=C\C/C=C\CCCCCCCCCCCC(=O)NC(COP(=O)(O)OCC[N+](C)(C)C)C(O)/C=C/CC/C=C/CCCCCCCCCCCCCCCCCCCC. The van der Waals surface area contributed by atoms with E-state index in [0.717, 1.165) is 89.9 Å². The van der Waals surface area contributed by atoms with Crippen LogP contribution < -0.4 is 5.32 Å². The fourth-order valence-electron chi connectivity index (χ4n) is 8.80. The maximum absolute atomic E-state index is 13.0. The Morgan fingerprint density at radius 1 is 0.455 bits per heavy atom. The Bertz CT molecular complexity index is 1620. The Hall–Kier alpha value is -2.84. The molecule has 0 aliphatic rings. The highest BCUT2D eigenvalue weighted by molar-refractivity contribution is 7.47. The van der Waals surface area contributed by atoms with Gasteiger partial charge in [-0.2, -0.15) is 0 Å². The topological polar surface area (TPSA) is 105 Å². The molecule has 0 radical (unpaired) electrons. The quantitative estimate of drug-likeness (QED) is 0.0243. The van der Waals surface area contributed by atoms with E-state index in [0.29, 0.717) is 17.4 Å². The number of phosphoric acid groups is 1. The van der Waals surface area contributed by atoms with E-state index in [1.165, 1.54) is 154 Å². The Kier molecular flexibility index (Phi) is 55.7. The van der Waals surface area contributed by atoms with Crippen molar-refractivity contribution in [1.82, 2.24) is 5.32 Å². The summed E-state index contributed by atoms with van der Waals surface area (Å²) in [5.74, 6) is -0.196. The van der Waals surface area contributed by atoms with Crippen molar-refractivity contribution >= 4 is 13.7 Å². The van der Waals surface area contributed by atoms with E-state index in [-0.39, 0.29) is 19.1 Å². The summed E-state index contributed by atoms with van der Waals surface area (Å²) in [6, 6.07) is -0.876. The number of phosphoric ester groups is 1. The van der Waals surface area contributed by atoms with Gasteiger partial charge in [0.05, 0.1) is 39.9 Å². The summed E-state index contributed by atoms with van der Waals surface area (Å²) >= 11 is 0. The van der Waals surface area contributed by atoms with Crippen LogP contribution >= 0.6 is 7.82 Å². The van der Waals surface area contributed by atoms with Crippen LogP contribution in [0.2, 0.25) is 0 Å². The zero-order valence-corrected chi connectivity index (χ0v) is 51.6. The van der Waals surface area contributed by atoms with E-state index in [1.807, 2.05) is 27.2 Å². The number of unbranched alkanes of at least 4 members (excludes halogenated alkanes) is 28. The first-order valence-electron chi connectivity index (χ1n) is 31.8. The Labute approximate surface area is 476 Å². The molecule has 3 N–H and O–H groups in total. The summed E-state index contributed by atoms with van der Waals surface area (Å²) in [5, 5.41) is 14.0. The first-order chi connectivity index (χ1) is 37.5. The molecule has 0 saturated heterocycles. The number of hydrogen-bond donors (Lipinski definition) is 3. The van der Waals surface area contributed by atoms with Gasteiger partial charge in [0.2, 0.25) is 5.91 Å². The third-order valence-electron chi connectivity index (χ3n) is 13.7. The molecule has 444 valence electrons. The minimum atomic E-state index is -4.37. The van der Waals surface area contributed by atoms with Crippen molar-refractivity contribution in [2.45, 2.75) is 276 Å². The second-order valence-corrected chi connectivity index (χ2v) is 23.8. The smallest absolute Gasteiger partial charge is 0.387 e. The number of carbonyl (C=O) groups is 1. The van der Waals surface area contributed by atoms with Gasteiger partial charge in [-0.1, -0.05) is 277 Å². The lowest BCUT2D eigenvalue weighted by Gasteiger charge is -2.25. The number of aliphatic hydroxyl groups is 1. The van der Waals surface area contributed by atoms with E-state index in [9.17, 15) is 19.4 Å². The summed E-state index contributed by atoms with van der Waals surface area (Å²) in [6.07, 6.45) is 84.9. The Balaban J connectivity index is 4.23. The molecule has 0 heterocycles. The first kappa shape index (κ1) is 74.2. The van der Waals surface area contributed by atoms with Gasteiger partial charge in [-0.3, -0.25) is 13.8 Å². The minimum absolute atomic E-state index is 0.0499. The molecule has 77 heavy (non-hydrogen) atoms. The van der Waals surface area contributed by atoms with Crippen LogP contribution in [0.4, 0.5) is 0 Å². The molecular formula is C68H122N2O6P+. The summed E-state index contributed by atoms with van der Waals surface area (Å²) in [7, 11) is 1.54. The molecule has 3 atom stereocenters. The molecule has 9 heteroatoms. The molecule has 0 aromatic heterocycles. The number of allylic oxidation sites excluding steroid dienone is 17. The van der Waals surface area contributed by atoms with Gasteiger partial charge in [0, 0.05) is 6.42 Å². The molecule has 3 unspecified atom stereocenters. The molecule has 0 aliphatic carbocycles. The van der Waals surface area contributed by atoms with Crippen LogP contribution in [0.25, 0.3) is 0 Å². The maximum Gasteiger partial charge on any atom is 0.472 e. The van der Waals surface area contributed by atoms with Crippen molar-refractivity contribution in [2.75, 3.05) is 40.9 Å². The Morgan fingerprint density at radius 3 is 1.19 bits per heavy atom. The number of quaternary nitrogens is 1. The number of nitrogens with one attached hydrogen (secondary N) is 1.